The minimum atomic E-state index is 0.115. The van der Waals surface area contributed by atoms with Gasteiger partial charge >= 0.3 is 0 Å². The third-order valence-corrected chi connectivity index (χ3v) is 2.64. The number of ketones is 1. The van der Waals surface area contributed by atoms with Gasteiger partial charge in [0.25, 0.3) is 0 Å². The Kier molecular flexibility index (Phi) is 3.18. The summed E-state index contributed by atoms with van der Waals surface area (Å²) in [7, 11) is 0. The zero-order valence-electron chi connectivity index (χ0n) is 8.98. The fourth-order valence-electron chi connectivity index (χ4n) is 1.76. The molecule has 0 saturated carbocycles. The topological polar surface area (TPSA) is 32.8 Å². The highest BCUT2D eigenvalue weighted by Gasteiger charge is 2.17. The minimum Gasteiger partial charge on any atom is -0.379 e. The molecule has 0 aromatic heterocycles. The second-order valence-corrected chi connectivity index (χ2v) is 3.73. The van der Waals surface area contributed by atoms with Crippen molar-refractivity contribution in [2.24, 2.45) is 0 Å². The summed E-state index contributed by atoms with van der Waals surface area (Å²) in [5.41, 5.74) is 0.771. The number of carbonyl (C=O) groups is 1. The van der Waals surface area contributed by atoms with Crippen LogP contribution in [0.5, 0.6) is 0 Å². The van der Waals surface area contributed by atoms with Crippen molar-refractivity contribution >= 4 is 5.78 Å². The Morgan fingerprint density at radius 1 is 1.40 bits per heavy atom. The van der Waals surface area contributed by atoms with Crippen molar-refractivity contribution in [1.29, 1.82) is 0 Å². The Bertz CT molecular complexity index is 304. The van der Waals surface area contributed by atoms with Gasteiger partial charge in [0.1, 0.15) is 0 Å². The fraction of sp³-hybridized carbons (Fsp3) is 0.545. The number of Topliss-reactive ketones (excluding diaryl/α,β-unsaturated/α-hetero) is 1. The Hall–Kier alpha value is -1.13. The molecule has 0 aromatic carbocycles. The van der Waals surface area contributed by atoms with Gasteiger partial charge in [0.2, 0.25) is 0 Å². The first-order valence-corrected chi connectivity index (χ1v) is 5.26. The number of hydrazine groups is 1. The summed E-state index contributed by atoms with van der Waals surface area (Å²) in [6.07, 6.45) is 5.83. The maximum atomic E-state index is 11.2. The van der Waals surface area contributed by atoms with Gasteiger partial charge in [-0.25, -0.2) is 5.01 Å². The number of carbonyl (C=O) groups excluding carboxylic acids is 1. The Morgan fingerprint density at radius 2 is 2.13 bits per heavy atom. The summed E-state index contributed by atoms with van der Waals surface area (Å²) in [6, 6.07) is 0. The molecule has 4 nitrogen and oxygen atoms in total. The standard InChI is InChI=1S/C11H16N2O2/c1-10(14)11-3-2-4-13(9-11)12-5-7-15-8-6-12/h2-3,9H,4-8H2,1H3. The van der Waals surface area contributed by atoms with Gasteiger partial charge < -0.3 is 9.75 Å². The van der Waals surface area contributed by atoms with Crippen molar-refractivity contribution in [1.82, 2.24) is 10.0 Å². The molecular weight excluding hydrogens is 192 g/mol. The lowest BCUT2D eigenvalue weighted by Crippen LogP contribution is -2.47. The lowest BCUT2D eigenvalue weighted by atomic mass is 10.1. The molecule has 15 heavy (non-hydrogen) atoms. The quantitative estimate of drug-likeness (QED) is 0.664. The summed E-state index contributed by atoms with van der Waals surface area (Å²) in [4.78, 5) is 11.2. The molecule has 0 unspecified atom stereocenters. The van der Waals surface area contributed by atoms with E-state index < -0.39 is 0 Å². The number of nitrogens with zero attached hydrogens (tertiary/aromatic N) is 2. The lowest BCUT2D eigenvalue weighted by molar-refractivity contribution is -0.113. The van der Waals surface area contributed by atoms with Crippen molar-refractivity contribution in [3.63, 3.8) is 0 Å². The summed E-state index contributed by atoms with van der Waals surface area (Å²) in [5, 5.41) is 4.31. The minimum absolute atomic E-state index is 0.115. The molecule has 0 radical (unpaired) electrons. The van der Waals surface area contributed by atoms with Gasteiger partial charge in [-0.1, -0.05) is 12.2 Å². The predicted molar refractivity (Wildman–Crippen MR) is 57.0 cm³/mol. The molecule has 0 aromatic rings. The molecule has 0 bridgehead atoms. The number of ether oxygens (including phenoxy) is 1. The van der Waals surface area contributed by atoms with E-state index in [-0.39, 0.29) is 5.78 Å². The maximum Gasteiger partial charge on any atom is 0.161 e. The van der Waals surface area contributed by atoms with Gasteiger partial charge in [-0.05, 0) is 6.92 Å². The molecule has 1 saturated heterocycles. The first-order valence-electron chi connectivity index (χ1n) is 5.26. The van der Waals surface area contributed by atoms with Gasteiger partial charge in [-0.15, -0.1) is 0 Å². The zero-order valence-corrected chi connectivity index (χ0v) is 8.98. The number of hydrogen-bond acceptors (Lipinski definition) is 4. The highest BCUT2D eigenvalue weighted by molar-refractivity contribution is 5.96. The molecule has 0 N–H and O–H groups in total. The van der Waals surface area contributed by atoms with Crippen LogP contribution in [0.15, 0.2) is 23.9 Å². The predicted octanol–water partition coefficient (Wildman–Crippen LogP) is 0.578. The summed E-state index contributed by atoms with van der Waals surface area (Å²) in [5.74, 6) is 0.115. The second kappa shape index (κ2) is 4.59. The van der Waals surface area contributed by atoms with Gasteiger partial charge in [-0.2, -0.15) is 0 Å². The van der Waals surface area contributed by atoms with Crippen LogP contribution in [0, 0.1) is 0 Å². The number of morpholine rings is 1. The van der Waals surface area contributed by atoms with E-state index in [9.17, 15) is 4.79 Å². The van der Waals surface area contributed by atoms with E-state index in [1.807, 2.05) is 18.4 Å². The average molecular weight is 208 g/mol. The zero-order chi connectivity index (χ0) is 10.7. The SMILES string of the molecule is CC(=O)C1=CN(N2CCOCC2)CC=C1. The van der Waals surface area contributed by atoms with Crippen molar-refractivity contribution in [2.45, 2.75) is 6.92 Å². The molecular formula is C11H16N2O2. The first-order chi connectivity index (χ1) is 7.27. The van der Waals surface area contributed by atoms with Crippen molar-refractivity contribution in [3.8, 4) is 0 Å². The van der Waals surface area contributed by atoms with E-state index in [1.54, 1.807) is 6.92 Å². The molecule has 1 fully saturated rings. The highest BCUT2D eigenvalue weighted by atomic mass is 16.5. The van der Waals surface area contributed by atoms with Crippen LogP contribution in [-0.4, -0.2) is 48.6 Å². The van der Waals surface area contributed by atoms with Crippen LogP contribution in [0.4, 0.5) is 0 Å². The molecule has 2 aliphatic rings. The van der Waals surface area contributed by atoms with E-state index in [0.717, 1.165) is 38.4 Å². The number of hydrogen-bond donors (Lipinski definition) is 0. The maximum absolute atomic E-state index is 11.2. The van der Waals surface area contributed by atoms with Crippen molar-refractivity contribution in [3.05, 3.63) is 23.9 Å². The number of allylic oxidation sites excluding steroid dienone is 2. The Labute approximate surface area is 89.8 Å². The van der Waals surface area contributed by atoms with E-state index >= 15 is 0 Å². The van der Waals surface area contributed by atoms with Crippen molar-refractivity contribution < 1.29 is 9.53 Å². The molecule has 0 spiro atoms. The van der Waals surface area contributed by atoms with E-state index in [0.29, 0.717) is 0 Å². The summed E-state index contributed by atoms with van der Waals surface area (Å²) in [6.45, 7) is 5.77. The second-order valence-electron chi connectivity index (χ2n) is 3.73. The van der Waals surface area contributed by atoms with Crippen LogP contribution in [0.2, 0.25) is 0 Å². The molecule has 4 heteroatoms. The van der Waals surface area contributed by atoms with E-state index in [1.165, 1.54) is 0 Å². The third-order valence-electron chi connectivity index (χ3n) is 2.64. The average Bonchev–Trinajstić information content (AvgIpc) is 2.30. The van der Waals surface area contributed by atoms with Gasteiger partial charge in [0.15, 0.2) is 5.78 Å². The molecule has 0 aliphatic carbocycles. The third kappa shape index (κ3) is 2.46. The van der Waals surface area contributed by atoms with Crippen LogP contribution in [-0.2, 0) is 9.53 Å². The monoisotopic (exact) mass is 208 g/mol. The summed E-state index contributed by atoms with van der Waals surface area (Å²) >= 11 is 0. The molecule has 82 valence electrons. The molecule has 2 aliphatic heterocycles. The summed E-state index contributed by atoms with van der Waals surface area (Å²) < 4.78 is 5.29. The Balaban J connectivity index is 2.04. The molecule has 0 amide bonds. The van der Waals surface area contributed by atoms with Crippen LogP contribution in [0.25, 0.3) is 0 Å². The Morgan fingerprint density at radius 3 is 2.80 bits per heavy atom. The van der Waals surface area contributed by atoms with Crippen LogP contribution in [0.1, 0.15) is 6.92 Å². The molecule has 2 rings (SSSR count). The largest absolute Gasteiger partial charge is 0.379 e. The van der Waals surface area contributed by atoms with E-state index in [2.05, 4.69) is 10.0 Å². The van der Waals surface area contributed by atoms with Crippen LogP contribution in [0.3, 0.4) is 0 Å². The number of rotatable bonds is 2. The molecule has 0 atom stereocenters. The van der Waals surface area contributed by atoms with Gasteiger partial charge in [-0.3, -0.25) is 4.79 Å². The molecule has 2 heterocycles. The van der Waals surface area contributed by atoms with Gasteiger partial charge in [0.05, 0.1) is 19.8 Å². The van der Waals surface area contributed by atoms with Crippen LogP contribution >= 0.6 is 0 Å². The van der Waals surface area contributed by atoms with Crippen molar-refractivity contribution in [2.75, 3.05) is 32.8 Å². The lowest BCUT2D eigenvalue weighted by Gasteiger charge is -2.37. The van der Waals surface area contributed by atoms with E-state index in [4.69, 9.17) is 4.74 Å². The highest BCUT2D eigenvalue weighted by Crippen LogP contribution is 2.12. The van der Waals surface area contributed by atoms with Gasteiger partial charge in [0, 0.05) is 24.9 Å². The van der Waals surface area contributed by atoms with Crippen LogP contribution < -0.4 is 0 Å². The fourth-order valence-corrected chi connectivity index (χ4v) is 1.76. The normalized spacial score (nSPS) is 22.7. The smallest absolute Gasteiger partial charge is 0.161 e. The first kappa shape index (κ1) is 10.4.